The van der Waals surface area contributed by atoms with Crippen LogP contribution in [0.1, 0.15) is 18.9 Å². The first kappa shape index (κ1) is 12.3. The van der Waals surface area contributed by atoms with Crippen molar-refractivity contribution < 1.29 is 4.39 Å². The smallest absolute Gasteiger partial charge is 0.135 e. The zero-order chi connectivity index (χ0) is 12.6. The quantitative estimate of drug-likeness (QED) is 0.835. The van der Waals surface area contributed by atoms with Crippen LogP contribution in [0.15, 0.2) is 18.2 Å². The molecule has 2 N–H and O–H groups in total. The third-order valence-electron chi connectivity index (χ3n) is 3.44. The Morgan fingerprint density at radius 2 is 2.24 bits per heavy atom. The van der Waals surface area contributed by atoms with E-state index in [1.54, 1.807) is 6.07 Å². The Bertz CT molecular complexity index is 447. The Kier molecular flexibility index (Phi) is 3.33. The van der Waals surface area contributed by atoms with Gasteiger partial charge in [0.2, 0.25) is 0 Å². The highest BCUT2D eigenvalue weighted by molar-refractivity contribution is 7.80. The Morgan fingerprint density at radius 3 is 2.71 bits per heavy atom. The SMILES string of the molecule is CC1CC1CN(C)c1ccc(C(N)=S)c(F)c1. The minimum Gasteiger partial charge on any atom is -0.389 e. The van der Waals surface area contributed by atoms with Crippen molar-refractivity contribution in [1.29, 1.82) is 0 Å². The molecule has 0 aromatic heterocycles. The van der Waals surface area contributed by atoms with Crippen molar-refractivity contribution in [2.24, 2.45) is 17.6 Å². The fourth-order valence-electron chi connectivity index (χ4n) is 2.05. The van der Waals surface area contributed by atoms with Gasteiger partial charge in [-0.3, -0.25) is 0 Å². The summed E-state index contributed by atoms with van der Waals surface area (Å²) in [6, 6.07) is 5.02. The van der Waals surface area contributed by atoms with Gasteiger partial charge < -0.3 is 10.6 Å². The molecule has 0 bridgehead atoms. The third-order valence-corrected chi connectivity index (χ3v) is 3.66. The second-order valence-electron chi connectivity index (χ2n) is 4.88. The summed E-state index contributed by atoms with van der Waals surface area (Å²) in [6.07, 6.45) is 1.28. The van der Waals surface area contributed by atoms with Gasteiger partial charge in [0.15, 0.2) is 0 Å². The van der Waals surface area contributed by atoms with Crippen molar-refractivity contribution in [3.63, 3.8) is 0 Å². The van der Waals surface area contributed by atoms with E-state index in [0.29, 0.717) is 5.56 Å². The van der Waals surface area contributed by atoms with Gasteiger partial charge in [-0.05, 0) is 36.5 Å². The summed E-state index contributed by atoms with van der Waals surface area (Å²) in [5.41, 5.74) is 6.62. The lowest BCUT2D eigenvalue weighted by atomic mass is 10.1. The third kappa shape index (κ3) is 2.75. The summed E-state index contributed by atoms with van der Waals surface area (Å²) in [5, 5.41) is 0. The summed E-state index contributed by atoms with van der Waals surface area (Å²) in [5.74, 6) is 1.21. The van der Waals surface area contributed by atoms with Gasteiger partial charge in [-0.15, -0.1) is 0 Å². The molecule has 1 aromatic rings. The number of benzene rings is 1. The molecule has 0 aliphatic heterocycles. The number of anilines is 1. The van der Waals surface area contributed by atoms with E-state index in [1.807, 2.05) is 13.1 Å². The molecule has 1 aliphatic carbocycles. The lowest BCUT2D eigenvalue weighted by Crippen LogP contribution is -2.21. The Balaban J connectivity index is 2.10. The molecule has 2 unspecified atom stereocenters. The van der Waals surface area contributed by atoms with Crippen LogP contribution >= 0.6 is 12.2 Å². The molecule has 4 heteroatoms. The van der Waals surface area contributed by atoms with Gasteiger partial charge in [-0.25, -0.2) is 4.39 Å². The first-order chi connectivity index (χ1) is 7.99. The number of rotatable bonds is 4. The number of hydrogen-bond acceptors (Lipinski definition) is 2. The monoisotopic (exact) mass is 252 g/mol. The maximum atomic E-state index is 13.7. The number of nitrogens with two attached hydrogens (primary N) is 1. The largest absolute Gasteiger partial charge is 0.389 e. The summed E-state index contributed by atoms with van der Waals surface area (Å²) in [7, 11) is 1.99. The van der Waals surface area contributed by atoms with Crippen LogP contribution in [-0.4, -0.2) is 18.6 Å². The normalized spacial score (nSPS) is 22.3. The molecule has 0 spiro atoms. The topological polar surface area (TPSA) is 29.3 Å². The molecule has 1 saturated carbocycles. The number of hydrogen-bond donors (Lipinski definition) is 1. The van der Waals surface area contributed by atoms with E-state index >= 15 is 0 Å². The van der Waals surface area contributed by atoms with Gasteiger partial charge >= 0.3 is 0 Å². The second kappa shape index (κ2) is 4.61. The van der Waals surface area contributed by atoms with Crippen LogP contribution in [-0.2, 0) is 0 Å². The fourth-order valence-corrected chi connectivity index (χ4v) is 2.22. The Labute approximate surface area is 107 Å². The molecular weight excluding hydrogens is 235 g/mol. The van der Waals surface area contributed by atoms with Gasteiger partial charge in [-0.2, -0.15) is 0 Å². The van der Waals surface area contributed by atoms with Gasteiger partial charge in [0.1, 0.15) is 10.8 Å². The van der Waals surface area contributed by atoms with Crippen molar-refractivity contribution in [2.75, 3.05) is 18.5 Å². The predicted octanol–water partition coefficient (Wildman–Crippen LogP) is 2.55. The van der Waals surface area contributed by atoms with Crippen LogP contribution in [0.25, 0.3) is 0 Å². The zero-order valence-electron chi connectivity index (χ0n) is 10.1. The highest BCUT2D eigenvalue weighted by Gasteiger charge is 2.33. The van der Waals surface area contributed by atoms with Crippen LogP contribution in [0.4, 0.5) is 10.1 Å². The average molecular weight is 252 g/mol. The minimum atomic E-state index is -0.342. The molecule has 0 heterocycles. The molecule has 17 heavy (non-hydrogen) atoms. The van der Waals surface area contributed by atoms with Crippen molar-refractivity contribution in [3.05, 3.63) is 29.6 Å². The highest BCUT2D eigenvalue weighted by Crippen LogP contribution is 2.38. The fraction of sp³-hybridized carbons (Fsp3) is 0.462. The number of halogens is 1. The second-order valence-corrected chi connectivity index (χ2v) is 5.32. The van der Waals surface area contributed by atoms with E-state index in [-0.39, 0.29) is 10.8 Å². The standard InChI is InChI=1S/C13H17FN2S/c1-8-5-9(8)7-16(2)10-3-4-11(13(15)17)12(14)6-10/h3-4,6,8-9H,5,7H2,1-2H3,(H2,15,17). The van der Waals surface area contributed by atoms with E-state index in [0.717, 1.165) is 24.1 Å². The zero-order valence-corrected chi connectivity index (χ0v) is 10.9. The lowest BCUT2D eigenvalue weighted by molar-refractivity contribution is 0.624. The Hall–Kier alpha value is -1.16. The average Bonchev–Trinajstić information content (AvgIpc) is 2.93. The molecule has 1 aliphatic rings. The maximum absolute atomic E-state index is 13.7. The van der Waals surface area contributed by atoms with E-state index in [4.69, 9.17) is 18.0 Å². The molecule has 1 aromatic carbocycles. The van der Waals surface area contributed by atoms with Crippen molar-refractivity contribution in [2.45, 2.75) is 13.3 Å². The van der Waals surface area contributed by atoms with Crippen molar-refractivity contribution in [1.82, 2.24) is 0 Å². The van der Waals surface area contributed by atoms with Crippen LogP contribution in [0.3, 0.4) is 0 Å². The van der Waals surface area contributed by atoms with Gasteiger partial charge in [0.05, 0.1) is 0 Å². The molecule has 1 fully saturated rings. The molecule has 92 valence electrons. The van der Waals surface area contributed by atoms with Crippen molar-refractivity contribution >= 4 is 22.9 Å². The molecule has 2 rings (SSSR count). The number of thiocarbonyl (C=S) groups is 1. The van der Waals surface area contributed by atoms with E-state index in [2.05, 4.69) is 11.8 Å². The minimum absolute atomic E-state index is 0.104. The van der Waals surface area contributed by atoms with Crippen LogP contribution in [0.2, 0.25) is 0 Å². The first-order valence-electron chi connectivity index (χ1n) is 5.79. The van der Waals surface area contributed by atoms with Crippen LogP contribution < -0.4 is 10.6 Å². The van der Waals surface area contributed by atoms with Gasteiger partial charge in [0.25, 0.3) is 0 Å². The first-order valence-corrected chi connectivity index (χ1v) is 6.20. The molecule has 0 amide bonds. The van der Waals surface area contributed by atoms with Crippen LogP contribution in [0, 0.1) is 17.7 Å². The summed E-state index contributed by atoms with van der Waals surface area (Å²) in [4.78, 5) is 2.19. The maximum Gasteiger partial charge on any atom is 0.135 e. The van der Waals surface area contributed by atoms with E-state index in [9.17, 15) is 4.39 Å². The van der Waals surface area contributed by atoms with Gasteiger partial charge in [-0.1, -0.05) is 19.1 Å². The van der Waals surface area contributed by atoms with Crippen molar-refractivity contribution in [3.8, 4) is 0 Å². The van der Waals surface area contributed by atoms with Gasteiger partial charge in [0, 0.05) is 24.8 Å². The highest BCUT2D eigenvalue weighted by atomic mass is 32.1. The summed E-state index contributed by atoms with van der Waals surface area (Å²) >= 11 is 4.78. The molecule has 2 nitrogen and oxygen atoms in total. The van der Waals surface area contributed by atoms with E-state index in [1.165, 1.54) is 12.5 Å². The molecule has 0 radical (unpaired) electrons. The molecular formula is C13H17FN2S. The summed E-state index contributed by atoms with van der Waals surface area (Å²) < 4.78 is 13.7. The van der Waals surface area contributed by atoms with E-state index < -0.39 is 0 Å². The molecule has 0 saturated heterocycles. The van der Waals surface area contributed by atoms with Crippen LogP contribution in [0.5, 0.6) is 0 Å². The summed E-state index contributed by atoms with van der Waals surface area (Å²) in [6.45, 7) is 3.22. The molecule has 2 atom stereocenters. The predicted molar refractivity (Wildman–Crippen MR) is 72.8 cm³/mol. The lowest BCUT2D eigenvalue weighted by Gasteiger charge is -2.19. The number of nitrogens with zero attached hydrogens (tertiary/aromatic N) is 1. The Morgan fingerprint density at radius 1 is 1.59 bits per heavy atom.